The van der Waals surface area contributed by atoms with Gasteiger partial charge in [-0.2, -0.15) is 0 Å². The first-order valence-corrected chi connectivity index (χ1v) is 21.7. The monoisotopic (exact) mass is 815 g/mol. The van der Waals surface area contributed by atoms with Crippen molar-refractivity contribution >= 4 is 65.3 Å². The van der Waals surface area contributed by atoms with Crippen LogP contribution in [0.15, 0.2) is 229 Å². The number of nitrogens with zero attached hydrogens (tertiary/aromatic N) is 3. The molecule has 0 bridgehead atoms. The maximum absolute atomic E-state index is 6.81. The number of benzene rings is 10. The van der Waals surface area contributed by atoms with Gasteiger partial charge in [-0.1, -0.05) is 176 Å². The summed E-state index contributed by atoms with van der Waals surface area (Å²) in [6.07, 6.45) is 0. The molecule has 0 radical (unpaired) electrons. The van der Waals surface area contributed by atoms with E-state index in [1.165, 1.54) is 49.0 Å². The largest absolute Gasteiger partial charge is 0.456 e. The van der Waals surface area contributed by atoms with Gasteiger partial charge in [-0.25, -0.2) is 9.97 Å². The van der Waals surface area contributed by atoms with E-state index in [2.05, 4.69) is 211 Å². The van der Waals surface area contributed by atoms with Crippen molar-refractivity contribution in [3.05, 3.63) is 224 Å². The summed E-state index contributed by atoms with van der Waals surface area (Å²) >= 11 is 0. The van der Waals surface area contributed by atoms with E-state index in [1.54, 1.807) is 0 Å². The Kier molecular flexibility index (Phi) is 8.18. The lowest BCUT2D eigenvalue weighted by atomic mass is 9.95. The number of fused-ring (bicyclic) bond motifs is 9. The molecule has 0 N–H and O–H groups in total. The molecule has 3 heterocycles. The van der Waals surface area contributed by atoms with E-state index in [4.69, 9.17) is 14.4 Å². The molecular formula is C60H37N3O. The van der Waals surface area contributed by atoms with Gasteiger partial charge >= 0.3 is 0 Å². The van der Waals surface area contributed by atoms with Crippen molar-refractivity contribution < 1.29 is 4.42 Å². The molecule has 0 atom stereocenters. The van der Waals surface area contributed by atoms with Crippen LogP contribution in [0, 0.1) is 0 Å². The molecular weight excluding hydrogens is 779 g/mol. The van der Waals surface area contributed by atoms with E-state index in [-0.39, 0.29) is 0 Å². The van der Waals surface area contributed by atoms with E-state index in [9.17, 15) is 0 Å². The molecule has 13 aromatic rings. The van der Waals surface area contributed by atoms with Crippen molar-refractivity contribution in [3.63, 3.8) is 0 Å². The Balaban J connectivity index is 0.997. The van der Waals surface area contributed by atoms with Gasteiger partial charge in [0.25, 0.3) is 0 Å². The van der Waals surface area contributed by atoms with Gasteiger partial charge in [0.2, 0.25) is 0 Å². The van der Waals surface area contributed by atoms with Crippen LogP contribution in [-0.2, 0) is 0 Å². The third-order valence-corrected chi connectivity index (χ3v) is 12.8. The van der Waals surface area contributed by atoms with Gasteiger partial charge < -0.3 is 8.98 Å². The minimum atomic E-state index is 0.646. The van der Waals surface area contributed by atoms with Crippen molar-refractivity contribution in [1.82, 2.24) is 14.5 Å². The molecule has 64 heavy (non-hydrogen) atoms. The highest BCUT2D eigenvalue weighted by Gasteiger charge is 2.21. The predicted molar refractivity (Wildman–Crippen MR) is 266 cm³/mol. The highest BCUT2D eigenvalue weighted by Crippen LogP contribution is 2.43. The Morgan fingerprint density at radius 1 is 0.328 bits per heavy atom. The average molecular weight is 816 g/mol. The third-order valence-electron chi connectivity index (χ3n) is 12.8. The van der Waals surface area contributed by atoms with Gasteiger partial charge in [0, 0.05) is 50.0 Å². The van der Waals surface area contributed by atoms with Gasteiger partial charge in [0.1, 0.15) is 11.2 Å². The molecule has 0 saturated heterocycles. The van der Waals surface area contributed by atoms with Crippen molar-refractivity contribution in [3.8, 4) is 61.8 Å². The van der Waals surface area contributed by atoms with Crippen LogP contribution in [0.4, 0.5) is 0 Å². The fraction of sp³-hybridized carbons (Fsp3) is 0. The van der Waals surface area contributed by atoms with Crippen LogP contribution in [0.1, 0.15) is 0 Å². The molecule has 4 heteroatoms. The van der Waals surface area contributed by atoms with Crippen LogP contribution < -0.4 is 0 Å². The average Bonchev–Trinajstić information content (AvgIpc) is 3.92. The number of hydrogen-bond acceptors (Lipinski definition) is 3. The number of rotatable bonds is 6. The highest BCUT2D eigenvalue weighted by atomic mass is 16.3. The summed E-state index contributed by atoms with van der Waals surface area (Å²) in [5.41, 5.74) is 14.4. The van der Waals surface area contributed by atoms with Gasteiger partial charge in [-0.05, 0) is 86.3 Å². The molecule has 0 saturated carbocycles. The van der Waals surface area contributed by atoms with Crippen LogP contribution in [0.2, 0.25) is 0 Å². The van der Waals surface area contributed by atoms with Crippen LogP contribution >= 0.6 is 0 Å². The second-order valence-corrected chi connectivity index (χ2v) is 16.5. The molecule has 0 aliphatic carbocycles. The van der Waals surface area contributed by atoms with E-state index in [0.717, 1.165) is 72.3 Å². The summed E-state index contributed by atoms with van der Waals surface area (Å²) in [6.45, 7) is 0. The second-order valence-electron chi connectivity index (χ2n) is 16.5. The first kappa shape index (κ1) is 36.1. The predicted octanol–water partition coefficient (Wildman–Crippen LogP) is 16.1. The topological polar surface area (TPSA) is 43.9 Å². The van der Waals surface area contributed by atoms with Crippen LogP contribution in [0.25, 0.3) is 127 Å². The Morgan fingerprint density at radius 2 is 0.969 bits per heavy atom. The molecule has 3 aromatic heterocycles. The number of aromatic nitrogens is 3. The molecule has 0 spiro atoms. The van der Waals surface area contributed by atoms with E-state index < -0.39 is 0 Å². The Bertz CT molecular complexity index is 3940. The van der Waals surface area contributed by atoms with Crippen molar-refractivity contribution in [2.75, 3.05) is 0 Å². The molecule has 4 nitrogen and oxygen atoms in total. The first-order valence-electron chi connectivity index (χ1n) is 21.7. The standard InChI is InChI=1S/C60H37N3O/c1-3-14-38(15-4-1)40-26-29-42(30-27-40)52-37-53(44-31-28-39-16-7-8-19-43(39)34-44)62-60(61-52)50-23-13-25-56-59(50)49-33-32-45(35-57(49)64-56)63-54-24-12-11-22-48(54)58-47-21-10-9-20-46(47)51(36-55(58)63)41-17-5-2-6-18-41/h1-37H. The molecule has 13 rings (SSSR count). The van der Waals surface area contributed by atoms with E-state index in [1.807, 2.05) is 18.2 Å². The molecule has 10 aromatic carbocycles. The van der Waals surface area contributed by atoms with Crippen LogP contribution in [-0.4, -0.2) is 14.5 Å². The first-order chi connectivity index (χ1) is 31.7. The molecule has 298 valence electrons. The third kappa shape index (κ3) is 5.84. The summed E-state index contributed by atoms with van der Waals surface area (Å²) in [5, 5.41) is 9.30. The summed E-state index contributed by atoms with van der Waals surface area (Å²) < 4.78 is 9.20. The number of hydrogen-bond donors (Lipinski definition) is 0. The second kappa shape index (κ2) is 14.5. The fourth-order valence-corrected chi connectivity index (χ4v) is 9.78. The zero-order chi connectivity index (χ0) is 42.1. The van der Waals surface area contributed by atoms with E-state index in [0.29, 0.717) is 5.82 Å². The minimum absolute atomic E-state index is 0.646. The van der Waals surface area contributed by atoms with E-state index >= 15 is 0 Å². The Labute approximate surface area is 369 Å². The fourth-order valence-electron chi connectivity index (χ4n) is 9.78. The zero-order valence-corrected chi connectivity index (χ0v) is 34.6. The zero-order valence-electron chi connectivity index (χ0n) is 34.6. The smallest absolute Gasteiger partial charge is 0.161 e. The number of furan rings is 1. The van der Waals surface area contributed by atoms with Gasteiger partial charge in [-0.3, -0.25) is 0 Å². The van der Waals surface area contributed by atoms with Crippen molar-refractivity contribution in [2.24, 2.45) is 0 Å². The number of para-hydroxylation sites is 1. The highest BCUT2D eigenvalue weighted by molar-refractivity contribution is 6.24. The molecule has 0 unspecified atom stereocenters. The quantitative estimate of drug-likeness (QED) is 0.168. The summed E-state index contributed by atoms with van der Waals surface area (Å²) in [4.78, 5) is 10.7. The Morgan fingerprint density at radius 3 is 1.78 bits per heavy atom. The molecule has 0 aliphatic heterocycles. The maximum atomic E-state index is 6.81. The molecule has 0 fully saturated rings. The van der Waals surface area contributed by atoms with Gasteiger partial charge in [0.15, 0.2) is 5.82 Å². The lowest BCUT2D eigenvalue weighted by Crippen LogP contribution is -1.96. The van der Waals surface area contributed by atoms with Crippen LogP contribution in [0.3, 0.4) is 0 Å². The SMILES string of the molecule is c1ccc(-c2ccc(-c3cc(-c4ccc5ccccc5c4)nc(-c4cccc5oc6cc(-n7c8ccccc8c8c9ccccc9c(-c9ccccc9)cc87)ccc6c45)n3)cc2)cc1. The van der Waals surface area contributed by atoms with Crippen LogP contribution in [0.5, 0.6) is 0 Å². The maximum Gasteiger partial charge on any atom is 0.161 e. The minimum Gasteiger partial charge on any atom is -0.456 e. The van der Waals surface area contributed by atoms with Gasteiger partial charge in [-0.15, -0.1) is 0 Å². The summed E-state index contributed by atoms with van der Waals surface area (Å²) in [5.74, 6) is 0.646. The molecule has 0 amide bonds. The summed E-state index contributed by atoms with van der Waals surface area (Å²) in [7, 11) is 0. The van der Waals surface area contributed by atoms with Gasteiger partial charge in [0.05, 0.1) is 22.4 Å². The summed E-state index contributed by atoms with van der Waals surface area (Å²) in [6, 6.07) is 79.7. The lowest BCUT2D eigenvalue weighted by molar-refractivity contribution is 0.668. The van der Waals surface area contributed by atoms with Crippen molar-refractivity contribution in [2.45, 2.75) is 0 Å². The van der Waals surface area contributed by atoms with Crippen molar-refractivity contribution in [1.29, 1.82) is 0 Å². The Hall–Kier alpha value is -8.60. The lowest BCUT2D eigenvalue weighted by Gasteiger charge is -2.12. The molecule has 0 aliphatic rings. The normalized spacial score (nSPS) is 11.8.